The SMILES string of the molecule is CCOC(=O)C(C#N)C=Nc1ccc(Br)cc1. The molecule has 0 spiro atoms. The van der Waals surface area contributed by atoms with E-state index in [4.69, 9.17) is 10.00 Å². The molecule has 1 aromatic rings. The average molecular weight is 295 g/mol. The molecule has 0 fully saturated rings. The maximum atomic E-state index is 11.3. The van der Waals surface area contributed by atoms with Gasteiger partial charge in [-0.15, -0.1) is 0 Å². The van der Waals surface area contributed by atoms with Gasteiger partial charge in [0.25, 0.3) is 0 Å². The van der Waals surface area contributed by atoms with Gasteiger partial charge in [0.2, 0.25) is 0 Å². The van der Waals surface area contributed by atoms with Crippen molar-refractivity contribution < 1.29 is 9.53 Å². The molecule has 0 amide bonds. The molecule has 1 aromatic carbocycles. The number of carbonyl (C=O) groups excluding carboxylic acids is 1. The predicted molar refractivity (Wildman–Crippen MR) is 68.0 cm³/mol. The Balaban J connectivity index is 2.71. The van der Waals surface area contributed by atoms with Gasteiger partial charge in [-0.3, -0.25) is 9.79 Å². The van der Waals surface area contributed by atoms with Gasteiger partial charge in [0, 0.05) is 10.7 Å². The topological polar surface area (TPSA) is 62.5 Å². The van der Waals surface area contributed by atoms with Crippen LogP contribution in [0, 0.1) is 17.2 Å². The zero-order chi connectivity index (χ0) is 12.7. The third-order valence-electron chi connectivity index (χ3n) is 1.88. The summed E-state index contributed by atoms with van der Waals surface area (Å²) in [5.41, 5.74) is 0.678. The minimum Gasteiger partial charge on any atom is -0.465 e. The molecule has 0 saturated carbocycles. The molecule has 4 nitrogen and oxygen atoms in total. The first-order valence-electron chi connectivity index (χ1n) is 5.03. The quantitative estimate of drug-likeness (QED) is 0.634. The van der Waals surface area contributed by atoms with E-state index in [1.165, 1.54) is 6.21 Å². The van der Waals surface area contributed by atoms with Gasteiger partial charge in [0.05, 0.1) is 18.4 Å². The number of esters is 1. The Morgan fingerprint density at radius 3 is 2.76 bits per heavy atom. The fourth-order valence-electron chi connectivity index (χ4n) is 1.07. The summed E-state index contributed by atoms with van der Waals surface area (Å²) in [5, 5.41) is 8.80. The van der Waals surface area contributed by atoms with E-state index >= 15 is 0 Å². The molecule has 0 heterocycles. The smallest absolute Gasteiger partial charge is 0.328 e. The van der Waals surface area contributed by atoms with Crippen LogP contribution in [0.1, 0.15) is 6.92 Å². The molecule has 0 aliphatic carbocycles. The van der Waals surface area contributed by atoms with Crippen LogP contribution >= 0.6 is 15.9 Å². The van der Waals surface area contributed by atoms with Crippen LogP contribution in [0.3, 0.4) is 0 Å². The van der Waals surface area contributed by atoms with Gasteiger partial charge in [-0.25, -0.2) is 0 Å². The molecule has 0 aliphatic rings. The molecule has 0 bridgehead atoms. The lowest BCUT2D eigenvalue weighted by atomic mass is 10.2. The van der Waals surface area contributed by atoms with Crippen molar-refractivity contribution >= 4 is 33.8 Å². The minimum atomic E-state index is -0.960. The van der Waals surface area contributed by atoms with E-state index in [1.54, 1.807) is 19.1 Å². The van der Waals surface area contributed by atoms with E-state index in [0.717, 1.165) is 4.47 Å². The van der Waals surface area contributed by atoms with Crippen LogP contribution in [-0.4, -0.2) is 18.8 Å². The fraction of sp³-hybridized carbons (Fsp3) is 0.250. The largest absolute Gasteiger partial charge is 0.465 e. The lowest BCUT2D eigenvalue weighted by molar-refractivity contribution is -0.143. The molecule has 0 aromatic heterocycles. The Labute approximate surface area is 108 Å². The molecule has 5 heteroatoms. The number of halogens is 1. The van der Waals surface area contributed by atoms with Crippen LogP contribution in [0.5, 0.6) is 0 Å². The average Bonchev–Trinajstić information content (AvgIpc) is 2.32. The number of carbonyl (C=O) groups is 1. The van der Waals surface area contributed by atoms with Crippen molar-refractivity contribution in [3.63, 3.8) is 0 Å². The second-order valence-corrected chi connectivity index (χ2v) is 4.03. The van der Waals surface area contributed by atoms with Crippen LogP contribution in [0.2, 0.25) is 0 Å². The molecule has 0 saturated heterocycles. The maximum Gasteiger partial charge on any atom is 0.328 e. The lowest BCUT2D eigenvalue weighted by Crippen LogP contribution is -2.17. The molecular weight excluding hydrogens is 284 g/mol. The van der Waals surface area contributed by atoms with Crippen molar-refractivity contribution in [2.75, 3.05) is 6.61 Å². The van der Waals surface area contributed by atoms with Crippen LogP contribution < -0.4 is 0 Å². The molecule has 0 aliphatic heterocycles. The summed E-state index contributed by atoms with van der Waals surface area (Å²) >= 11 is 3.30. The Kier molecular flexibility index (Phi) is 5.37. The van der Waals surface area contributed by atoms with E-state index in [-0.39, 0.29) is 6.61 Å². The van der Waals surface area contributed by atoms with Crippen molar-refractivity contribution in [2.45, 2.75) is 6.92 Å². The number of hydrogen-bond acceptors (Lipinski definition) is 4. The highest BCUT2D eigenvalue weighted by Gasteiger charge is 2.16. The zero-order valence-electron chi connectivity index (χ0n) is 9.26. The van der Waals surface area contributed by atoms with Gasteiger partial charge >= 0.3 is 5.97 Å². The normalized spacial score (nSPS) is 12.1. The second kappa shape index (κ2) is 6.81. The van der Waals surface area contributed by atoms with Crippen LogP contribution in [-0.2, 0) is 9.53 Å². The highest BCUT2D eigenvalue weighted by atomic mass is 79.9. The number of benzene rings is 1. The van der Waals surface area contributed by atoms with Crippen molar-refractivity contribution in [3.05, 3.63) is 28.7 Å². The molecule has 1 atom stereocenters. The van der Waals surface area contributed by atoms with E-state index in [9.17, 15) is 4.79 Å². The molecule has 1 unspecified atom stereocenters. The van der Waals surface area contributed by atoms with Gasteiger partial charge in [-0.1, -0.05) is 15.9 Å². The first-order valence-corrected chi connectivity index (χ1v) is 5.82. The number of nitrogens with zero attached hydrogens (tertiary/aromatic N) is 2. The third-order valence-corrected chi connectivity index (χ3v) is 2.41. The Morgan fingerprint density at radius 1 is 1.59 bits per heavy atom. The Hall–Kier alpha value is -1.67. The van der Waals surface area contributed by atoms with Gasteiger partial charge < -0.3 is 4.74 Å². The van der Waals surface area contributed by atoms with Gasteiger partial charge in [-0.05, 0) is 31.2 Å². The summed E-state index contributed by atoms with van der Waals surface area (Å²) in [6, 6.07) is 9.05. The van der Waals surface area contributed by atoms with Crippen molar-refractivity contribution in [3.8, 4) is 6.07 Å². The molecule has 1 rings (SSSR count). The summed E-state index contributed by atoms with van der Waals surface area (Å²) in [6.07, 6.45) is 1.29. The summed E-state index contributed by atoms with van der Waals surface area (Å²) in [7, 11) is 0. The van der Waals surface area contributed by atoms with E-state index in [2.05, 4.69) is 20.9 Å². The monoisotopic (exact) mass is 294 g/mol. The highest BCUT2D eigenvalue weighted by molar-refractivity contribution is 9.10. The first-order chi connectivity index (χ1) is 8.17. The Morgan fingerprint density at radius 2 is 2.24 bits per heavy atom. The third kappa shape index (κ3) is 4.37. The second-order valence-electron chi connectivity index (χ2n) is 3.11. The Bertz CT molecular complexity index is 449. The number of rotatable bonds is 4. The summed E-state index contributed by atoms with van der Waals surface area (Å²) in [4.78, 5) is 15.4. The van der Waals surface area contributed by atoms with Gasteiger partial charge in [-0.2, -0.15) is 5.26 Å². The van der Waals surface area contributed by atoms with E-state index < -0.39 is 11.9 Å². The molecule has 0 N–H and O–H groups in total. The maximum absolute atomic E-state index is 11.3. The molecular formula is C12H11BrN2O2. The fourth-order valence-corrected chi connectivity index (χ4v) is 1.33. The standard InChI is InChI=1S/C12H11BrN2O2/c1-2-17-12(16)9(7-14)8-15-11-5-3-10(13)4-6-11/h3-6,8-9H,2H2,1H3. The number of ether oxygens (including phenoxy) is 1. The summed E-state index contributed by atoms with van der Waals surface area (Å²) in [5.74, 6) is -1.53. The first kappa shape index (κ1) is 13.4. The molecule has 17 heavy (non-hydrogen) atoms. The summed E-state index contributed by atoms with van der Waals surface area (Å²) < 4.78 is 5.69. The molecule has 0 radical (unpaired) electrons. The van der Waals surface area contributed by atoms with Crippen LogP contribution in [0.15, 0.2) is 33.7 Å². The number of nitriles is 1. The van der Waals surface area contributed by atoms with Crippen molar-refractivity contribution in [1.29, 1.82) is 5.26 Å². The summed E-state index contributed by atoms with van der Waals surface area (Å²) in [6.45, 7) is 1.95. The predicted octanol–water partition coefficient (Wildman–Crippen LogP) is 2.85. The van der Waals surface area contributed by atoms with Gasteiger partial charge in [0.1, 0.15) is 0 Å². The van der Waals surface area contributed by atoms with Crippen LogP contribution in [0.25, 0.3) is 0 Å². The number of aliphatic imine (C=N–C) groups is 1. The highest BCUT2D eigenvalue weighted by Crippen LogP contribution is 2.16. The van der Waals surface area contributed by atoms with Crippen molar-refractivity contribution in [1.82, 2.24) is 0 Å². The van der Waals surface area contributed by atoms with E-state index in [1.807, 2.05) is 18.2 Å². The zero-order valence-corrected chi connectivity index (χ0v) is 10.8. The minimum absolute atomic E-state index is 0.253. The lowest BCUT2D eigenvalue weighted by Gasteiger charge is -2.02. The van der Waals surface area contributed by atoms with Gasteiger partial charge in [0.15, 0.2) is 5.92 Å². The number of hydrogen-bond donors (Lipinski definition) is 0. The van der Waals surface area contributed by atoms with Crippen LogP contribution in [0.4, 0.5) is 5.69 Å². The van der Waals surface area contributed by atoms with E-state index in [0.29, 0.717) is 5.69 Å². The molecule has 88 valence electrons. The van der Waals surface area contributed by atoms with Crippen molar-refractivity contribution in [2.24, 2.45) is 10.9 Å².